The van der Waals surface area contributed by atoms with Gasteiger partial charge in [0.2, 0.25) is 0 Å². The maximum absolute atomic E-state index is 6.59. The molecule has 170 valence electrons. The number of fused-ring (bicyclic) bond motifs is 1. The van der Waals surface area contributed by atoms with Crippen LogP contribution in [0.3, 0.4) is 0 Å². The van der Waals surface area contributed by atoms with E-state index in [0.29, 0.717) is 16.5 Å². The number of hydrogen-bond acceptors (Lipinski definition) is 6. The Morgan fingerprint density at radius 3 is 2.61 bits per heavy atom. The monoisotopic (exact) mass is 462 g/mol. The van der Waals surface area contributed by atoms with Gasteiger partial charge in [-0.15, -0.1) is 0 Å². The second kappa shape index (κ2) is 8.57. The largest absolute Gasteiger partial charge is 0.496 e. The highest BCUT2D eigenvalue weighted by atomic mass is 35.5. The first kappa shape index (κ1) is 21.6. The van der Waals surface area contributed by atoms with Crippen LogP contribution in [0, 0.1) is 6.92 Å². The van der Waals surface area contributed by atoms with Crippen LogP contribution in [-0.2, 0) is 0 Å². The summed E-state index contributed by atoms with van der Waals surface area (Å²) in [5, 5.41) is 5.23. The van der Waals surface area contributed by atoms with Gasteiger partial charge >= 0.3 is 0 Å². The summed E-state index contributed by atoms with van der Waals surface area (Å²) >= 11 is 6.21. The lowest BCUT2D eigenvalue weighted by molar-refractivity contribution is 0.416. The van der Waals surface area contributed by atoms with E-state index in [9.17, 15) is 0 Å². The first-order valence-corrected chi connectivity index (χ1v) is 11.4. The normalized spacial score (nSPS) is 14.7. The highest BCUT2D eigenvalue weighted by molar-refractivity contribution is 6.30. The molecule has 1 fully saturated rings. The van der Waals surface area contributed by atoms with E-state index >= 15 is 0 Å². The van der Waals surface area contributed by atoms with Crippen molar-refractivity contribution in [3.8, 4) is 28.0 Å². The molecule has 0 spiro atoms. The van der Waals surface area contributed by atoms with Crippen molar-refractivity contribution in [1.29, 1.82) is 0 Å². The van der Waals surface area contributed by atoms with Gasteiger partial charge < -0.3 is 21.1 Å². The Labute approximate surface area is 197 Å². The minimum absolute atomic E-state index is 0.280. The Balaban J connectivity index is 1.63. The summed E-state index contributed by atoms with van der Waals surface area (Å²) in [6, 6.07) is 14.1. The minimum Gasteiger partial charge on any atom is -0.496 e. The zero-order valence-corrected chi connectivity index (χ0v) is 19.5. The molecule has 5 rings (SSSR count). The van der Waals surface area contributed by atoms with Gasteiger partial charge in [-0.1, -0.05) is 23.7 Å². The van der Waals surface area contributed by atoms with Gasteiger partial charge in [-0.3, -0.25) is 0 Å². The number of nitrogens with two attached hydrogens (primary N) is 2. The van der Waals surface area contributed by atoms with Gasteiger partial charge in [-0.25, -0.2) is 4.98 Å². The molecule has 0 bridgehead atoms. The fraction of sp³-hybridized carbons (Fsp3) is 0.280. The van der Waals surface area contributed by atoms with Crippen LogP contribution in [0.4, 0.5) is 11.5 Å². The van der Waals surface area contributed by atoms with Crippen LogP contribution in [0.15, 0.2) is 48.7 Å². The third-order valence-electron chi connectivity index (χ3n) is 6.35. The molecule has 0 atom stereocenters. The highest BCUT2D eigenvalue weighted by Crippen LogP contribution is 2.38. The number of ether oxygens (including phenoxy) is 1. The van der Waals surface area contributed by atoms with Crippen LogP contribution in [0.1, 0.15) is 18.5 Å². The lowest BCUT2D eigenvalue weighted by Crippen LogP contribution is -2.39. The Morgan fingerprint density at radius 1 is 1.09 bits per heavy atom. The van der Waals surface area contributed by atoms with Crippen molar-refractivity contribution in [2.45, 2.75) is 25.8 Å². The average molecular weight is 463 g/mol. The van der Waals surface area contributed by atoms with Gasteiger partial charge in [0.05, 0.1) is 24.6 Å². The van der Waals surface area contributed by atoms with Crippen molar-refractivity contribution < 1.29 is 4.74 Å². The summed E-state index contributed by atoms with van der Waals surface area (Å²) < 4.78 is 7.38. The van der Waals surface area contributed by atoms with Crippen LogP contribution in [0.2, 0.25) is 5.02 Å². The van der Waals surface area contributed by atoms with Gasteiger partial charge in [0.1, 0.15) is 11.6 Å². The summed E-state index contributed by atoms with van der Waals surface area (Å²) in [4.78, 5) is 7.26. The summed E-state index contributed by atoms with van der Waals surface area (Å²) in [6.45, 7) is 3.83. The van der Waals surface area contributed by atoms with Crippen molar-refractivity contribution in [2.24, 2.45) is 5.73 Å². The zero-order chi connectivity index (χ0) is 23.1. The molecule has 8 heteroatoms. The van der Waals surface area contributed by atoms with Crippen molar-refractivity contribution in [3.05, 3.63) is 59.4 Å². The number of nitrogens with zero attached hydrogens (tertiary/aromatic N) is 4. The molecule has 3 heterocycles. The van der Waals surface area contributed by atoms with E-state index in [1.807, 2.05) is 37.3 Å². The zero-order valence-electron chi connectivity index (χ0n) is 18.8. The number of aryl methyl sites for hydroxylation is 1. The topological polar surface area (TPSA) is 94.7 Å². The van der Waals surface area contributed by atoms with Crippen LogP contribution < -0.4 is 21.1 Å². The maximum atomic E-state index is 6.59. The van der Waals surface area contributed by atoms with E-state index in [1.165, 1.54) is 0 Å². The van der Waals surface area contributed by atoms with Gasteiger partial charge in [-0.2, -0.15) is 9.61 Å². The molecule has 2 aromatic heterocycles. The van der Waals surface area contributed by atoms with Gasteiger partial charge in [0, 0.05) is 41.0 Å². The molecule has 33 heavy (non-hydrogen) atoms. The van der Waals surface area contributed by atoms with Crippen molar-refractivity contribution in [2.75, 3.05) is 30.8 Å². The smallest absolute Gasteiger partial charge is 0.165 e. The highest BCUT2D eigenvalue weighted by Gasteiger charge is 2.21. The summed E-state index contributed by atoms with van der Waals surface area (Å²) in [6.07, 6.45) is 3.77. The Bertz CT molecular complexity index is 1330. The number of nitrogen functional groups attached to an aromatic ring is 1. The van der Waals surface area contributed by atoms with Crippen molar-refractivity contribution >= 4 is 28.8 Å². The minimum atomic E-state index is 0.280. The van der Waals surface area contributed by atoms with E-state index in [4.69, 9.17) is 32.8 Å². The Morgan fingerprint density at radius 2 is 1.88 bits per heavy atom. The maximum Gasteiger partial charge on any atom is 0.165 e. The number of aromatic nitrogens is 3. The Kier molecular flexibility index (Phi) is 5.60. The van der Waals surface area contributed by atoms with Gasteiger partial charge in [0.25, 0.3) is 0 Å². The summed E-state index contributed by atoms with van der Waals surface area (Å²) in [5.74, 6) is 1.28. The first-order valence-electron chi connectivity index (χ1n) is 11.0. The molecule has 7 nitrogen and oxygen atoms in total. The van der Waals surface area contributed by atoms with E-state index in [2.05, 4.69) is 22.1 Å². The van der Waals surface area contributed by atoms with Crippen LogP contribution in [0.25, 0.3) is 27.9 Å². The third kappa shape index (κ3) is 3.87. The fourth-order valence-electron chi connectivity index (χ4n) is 4.58. The van der Waals surface area contributed by atoms with Crippen molar-refractivity contribution in [3.63, 3.8) is 0 Å². The predicted molar refractivity (Wildman–Crippen MR) is 134 cm³/mol. The van der Waals surface area contributed by atoms with E-state index in [0.717, 1.165) is 65.3 Å². The van der Waals surface area contributed by atoms with Crippen LogP contribution in [-0.4, -0.2) is 40.8 Å². The molecule has 2 aromatic carbocycles. The average Bonchev–Trinajstić information content (AvgIpc) is 3.23. The molecule has 0 saturated carbocycles. The molecule has 1 saturated heterocycles. The van der Waals surface area contributed by atoms with Crippen molar-refractivity contribution in [1.82, 2.24) is 14.6 Å². The standard InChI is InChI=1S/C25H27ClN6O/c1-15-23(16-4-3-5-17(26)12-16)24(28)32-25(30-15)21(14-29-32)20-13-19(6-7-22(20)33-2)31-10-8-18(27)9-11-31/h3-7,12-14,18H,8-11,27-28H2,1-2H3. The second-order valence-corrected chi connectivity index (χ2v) is 8.91. The second-order valence-electron chi connectivity index (χ2n) is 8.47. The number of methoxy groups -OCH3 is 1. The third-order valence-corrected chi connectivity index (χ3v) is 6.59. The van der Waals surface area contributed by atoms with E-state index in [-0.39, 0.29) is 6.04 Å². The van der Waals surface area contributed by atoms with E-state index < -0.39 is 0 Å². The number of benzene rings is 2. The lowest BCUT2D eigenvalue weighted by Gasteiger charge is -2.32. The molecule has 0 unspecified atom stereocenters. The van der Waals surface area contributed by atoms with Crippen LogP contribution in [0.5, 0.6) is 5.75 Å². The molecule has 1 aliphatic rings. The number of piperidine rings is 1. The quantitative estimate of drug-likeness (QED) is 0.462. The number of hydrogen-bond donors (Lipinski definition) is 2. The first-order chi connectivity index (χ1) is 16.0. The van der Waals surface area contributed by atoms with Crippen LogP contribution >= 0.6 is 11.6 Å². The molecule has 0 radical (unpaired) electrons. The SMILES string of the molecule is COc1ccc(N2CCC(N)CC2)cc1-c1cnn2c(N)c(-c3cccc(Cl)c3)c(C)nc12. The molecule has 4 N–H and O–H groups in total. The number of rotatable bonds is 4. The fourth-order valence-corrected chi connectivity index (χ4v) is 4.77. The van der Waals surface area contributed by atoms with E-state index in [1.54, 1.807) is 17.8 Å². The molecular weight excluding hydrogens is 436 g/mol. The van der Waals surface area contributed by atoms with Gasteiger partial charge in [0.15, 0.2) is 5.65 Å². The predicted octanol–water partition coefficient (Wildman–Crippen LogP) is 4.54. The number of halogens is 1. The molecular formula is C25H27ClN6O. The molecule has 1 aliphatic heterocycles. The van der Waals surface area contributed by atoms with Gasteiger partial charge in [-0.05, 0) is 55.7 Å². The summed E-state index contributed by atoms with van der Waals surface area (Å²) in [7, 11) is 1.68. The number of anilines is 2. The lowest BCUT2D eigenvalue weighted by atomic mass is 10.0. The molecule has 0 amide bonds. The molecule has 0 aliphatic carbocycles. The Hall–Kier alpha value is -3.29. The molecule has 4 aromatic rings. The summed E-state index contributed by atoms with van der Waals surface area (Å²) in [5.41, 5.74) is 18.9.